The van der Waals surface area contributed by atoms with Crippen molar-refractivity contribution in [3.63, 3.8) is 0 Å². The van der Waals surface area contributed by atoms with E-state index in [4.69, 9.17) is 0 Å². The topological polar surface area (TPSA) is 91.3 Å². The van der Waals surface area contributed by atoms with E-state index in [1.165, 1.54) is 0 Å². The van der Waals surface area contributed by atoms with Crippen LogP contribution in [0.3, 0.4) is 0 Å². The number of nitrogens with zero attached hydrogens (tertiary/aromatic N) is 1. The van der Waals surface area contributed by atoms with Gasteiger partial charge in [-0.3, -0.25) is 9.78 Å². The predicted octanol–water partition coefficient (Wildman–Crippen LogP) is 1.83. The van der Waals surface area contributed by atoms with E-state index in [1.807, 2.05) is 19.1 Å². The van der Waals surface area contributed by atoms with Crippen LogP contribution in [0.4, 0.5) is 4.79 Å². The van der Waals surface area contributed by atoms with E-state index in [9.17, 15) is 14.7 Å². The fraction of sp³-hybridized carbons (Fsp3) is 0.533. The first-order valence-corrected chi connectivity index (χ1v) is 7.18. The van der Waals surface area contributed by atoms with E-state index in [-0.39, 0.29) is 12.6 Å². The number of rotatable bonds is 5. The van der Waals surface area contributed by atoms with E-state index in [1.54, 1.807) is 6.20 Å². The van der Waals surface area contributed by atoms with Gasteiger partial charge in [0.05, 0.1) is 5.41 Å². The van der Waals surface area contributed by atoms with E-state index in [2.05, 4.69) is 15.6 Å². The van der Waals surface area contributed by atoms with Gasteiger partial charge < -0.3 is 15.7 Å². The van der Waals surface area contributed by atoms with Crippen molar-refractivity contribution in [1.29, 1.82) is 0 Å². The molecule has 1 saturated carbocycles. The van der Waals surface area contributed by atoms with Gasteiger partial charge in [0.25, 0.3) is 0 Å². The molecule has 1 aromatic heterocycles. The molecule has 1 heterocycles. The Balaban J connectivity index is 1.79. The minimum absolute atomic E-state index is 0.181. The summed E-state index contributed by atoms with van der Waals surface area (Å²) in [7, 11) is 0. The number of urea groups is 1. The number of amides is 2. The largest absolute Gasteiger partial charge is 0.481 e. The standard InChI is InChI=1S/C15H21N3O3/c1-11-4-5-12(8-16-11)9-17-14(21)18-10-15(13(19)20)6-2-3-7-15/h4-5,8H,2-3,6-7,9-10H2,1H3,(H,19,20)(H2,17,18,21). The number of carboxylic acid groups (broad SMARTS) is 1. The quantitative estimate of drug-likeness (QED) is 0.772. The van der Waals surface area contributed by atoms with Gasteiger partial charge >= 0.3 is 12.0 Å². The van der Waals surface area contributed by atoms with Gasteiger partial charge in [-0.05, 0) is 31.4 Å². The van der Waals surface area contributed by atoms with Crippen LogP contribution in [0.2, 0.25) is 0 Å². The van der Waals surface area contributed by atoms with Crippen molar-refractivity contribution >= 4 is 12.0 Å². The molecule has 0 bridgehead atoms. The predicted molar refractivity (Wildman–Crippen MR) is 77.7 cm³/mol. The molecule has 1 aliphatic rings. The Labute approximate surface area is 124 Å². The number of pyridine rings is 1. The van der Waals surface area contributed by atoms with Gasteiger partial charge in [0.2, 0.25) is 0 Å². The molecule has 1 fully saturated rings. The molecule has 2 amide bonds. The fourth-order valence-electron chi connectivity index (χ4n) is 2.62. The monoisotopic (exact) mass is 291 g/mol. The molecule has 0 saturated heterocycles. The maximum absolute atomic E-state index is 11.8. The Morgan fingerprint density at radius 3 is 2.57 bits per heavy atom. The average molecular weight is 291 g/mol. The highest BCUT2D eigenvalue weighted by molar-refractivity contribution is 5.78. The van der Waals surface area contributed by atoms with Gasteiger partial charge in [-0.15, -0.1) is 0 Å². The van der Waals surface area contributed by atoms with Gasteiger partial charge in [0.1, 0.15) is 0 Å². The number of carbonyl (C=O) groups is 2. The lowest BCUT2D eigenvalue weighted by molar-refractivity contribution is -0.148. The molecule has 0 atom stereocenters. The van der Waals surface area contributed by atoms with Crippen molar-refractivity contribution in [2.24, 2.45) is 5.41 Å². The highest BCUT2D eigenvalue weighted by atomic mass is 16.4. The second-order valence-corrected chi connectivity index (χ2v) is 5.64. The molecule has 6 heteroatoms. The zero-order valence-corrected chi connectivity index (χ0v) is 12.2. The summed E-state index contributed by atoms with van der Waals surface area (Å²) in [5.74, 6) is -0.817. The summed E-state index contributed by atoms with van der Waals surface area (Å²) in [4.78, 5) is 27.3. The minimum atomic E-state index is -0.817. The Hall–Kier alpha value is -2.11. The van der Waals surface area contributed by atoms with E-state index >= 15 is 0 Å². The second-order valence-electron chi connectivity index (χ2n) is 5.64. The molecule has 0 aliphatic heterocycles. The lowest BCUT2D eigenvalue weighted by Gasteiger charge is -2.24. The van der Waals surface area contributed by atoms with Gasteiger partial charge in [-0.25, -0.2) is 4.79 Å². The number of aryl methyl sites for hydroxylation is 1. The highest BCUT2D eigenvalue weighted by Crippen LogP contribution is 2.37. The summed E-state index contributed by atoms with van der Waals surface area (Å²) in [6.45, 7) is 2.45. The number of carboxylic acids is 1. The van der Waals surface area contributed by atoms with Crippen molar-refractivity contribution < 1.29 is 14.7 Å². The van der Waals surface area contributed by atoms with Gasteiger partial charge in [-0.1, -0.05) is 18.9 Å². The molecule has 3 N–H and O–H groups in total. The van der Waals surface area contributed by atoms with Crippen LogP contribution in [0.5, 0.6) is 0 Å². The fourth-order valence-corrected chi connectivity index (χ4v) is 2.62. The molecule has 2 rings (SSSR count). The number of hydrogen-bond acceptors (Lipinski definition) is 3. The summed E-state index contributed by atoms with van der Waals surface area (Å²) in [6, 6.07) is 3.44. The lowest BCUT2D eigenvalue weighted by atomic mass is 9.86. The summed E-state index contributed by atoms with van der Waals surface area (Å²) < 4.78 is 0. The van der Waals surface area contributed by atoms with E-state index in [0.717, 1.165) is 24.1 Å². The van der Waals surface area contributed by atoms with Crippen molar-refractivity contribution in [2.45, 2.75) is 39.2 Å². The zero-order valence-electron chi connectivity index (χ0n) is 12.2. The summed E-state index contributed by atoms with van der Waals surface area (Å²) in [5, 5.41) is 14.7. The Bertz CT molecular complexity index is 507. The molecule has 114 valence electrons. The SMILES string of the molecule is Cc1ccc(CNC(=O)NCC2(C(=O)O)CCCC2)cn1. The Kier molecular flexibility index (Phi) is 4.77. The van der Waals surface area contributed by atoms with Crippen LogP contribution in [0.15, 0.2) is 18.3 Å². The molecular weight excluding hydrogens is 270 g/mol. The summed E-state index contributed by atoms with van der Waals surface area (Å²) >= 11 is 0. The molecule has 0 spiro atoms. The van der Waals surface area contributed by atoms with Gasteiger partial charge in [0, 0.05) is 25.0 Å². The van der Waals surface area contributed by atoms with E-state index in [0.29, 0.717) is 19.4 Å². The normalized spacial score (nSPS) is 16.4. The van der Waals surface area contributed by atoms with Crippen LogP contribution in [-0.4, -0.2) is 28.6 Å². The van der Waals surface area contributed by atoms with Crippen LogP contribution in [-0.2, 0) is 11.3 Å². The van der Waals surface area contributed by atoms with Gasteiger partial charge in [0.15, 0.2) is 0 Å². The van der Waals surface area contributed by atoms with Crippen LogP contribution < -0.4 is 10.6 Å². The van der Waals surface area contributed by atoms with Crippen molar-refractivity contribution in [3.8, 4) is 0 Å². The molecule has 1 aromatic rings. The lowest BCUT2D eigenvalue weighted by Crippen LogP contribution is -2.44. The molecular formula is C15H21N3O3. The van der Waals surface area contributed by atoms with Crippen LogP contribution in [0.1, 0.15) is 36.9 Å². The second kappa shape index (κ2) is 6.56. The van der Waals surface area contributed by atoms with Crippen LogP contribution in [0, 0.1) is 12.3 Å². The number of nitrogens with one attached hydrogen (secondary N) is 2. The first kappa shape index (κ1) is 15.3. The summed E-state index contributed by atoms with van der Waals surface area (Å²) in [6.07, 6.45) is 4.79. The Morgan fingerprint density at radius 2 is 2.00 bits per heavy atom. The average Bonchev–Trinajstić information content (AvgIpc) is 2.95. The third-order valence-electron chi connectivity index (χ3n) is 4.03. The minimum Gasteiger partial charge on any atom is -0.481 e. The Morgan fingerprint density at radius 1 is 1.29 bits per heavy atom. The molecule has 0 aromatic carbocycles. The maximum Gasteiger partial charge on any atom is 0.315 e. The molecule has 1 aliphatic carbocycles. The molecule has 21 heavy (non-hydrogen) atoms. The number of aliphatic carboxylic acids is 1. The first-order chi connectivity index (χ1) is 10.0. The van der Waals surface area contributed by atoms with E-state index < -0.39 is 11.4 Å². The van der Waals surface area contributed by atoms with Gasteiger partial charge in [-0.2, -0.15) is 0 Å². The van der Waals surface area contributed by atoms with Crippen LogP contribution >= 0.6 is 0 Å². The number of carbonyl (C=O) groups excluding carboxylic acids is 1. The maximum atomic E-state index is 11.8. The number of aromatic nitrogens is 1. The van der Waals surface area contributed by atoms with Crippen LogP contribution in [0.25, 0.3) is 0 Å². The zero-order chi connectivity index (χ0) is 15.3. The van der Waals surface area contributed by atoms with Crippen molar-refractivity contribution in [1.82, 2.24) is 15.6 Å². The molecule has 0 unspecified atom stereocenters. The highest BCUT2D eigenvalue weighted by Gasteiger charge is 2.41. The smallest absolute Gasteiger partial charge is 0.315 e. The third-order valence-corrected chi connectivity index (χ3v) is 4.03. The first-order valence-electron chi connectivity index (χ1n) is 7.18. The third kappa shape index (κ3) is 3.93. The van der Waals surface area contributed by atoms with Crippen molar-refractivity contribution in [3.05, 3.63) is 29.6 Å². The molecule has 0 radical (unpaired) electrons. The van der Waals surface area contributed by atoms with Crippen molar-refractivity contribution in [2.75, 3.05) is 6.54 Å². The summed E-state index contributed by atoms with van der Waals surface area (Å²) in [5.41, 5.74) is 1.04. The molecule has 6 nitrogen and oxygen atoms in total. The number of hydrogen-bond donors (Lipinski definition) is 3.